The Morgan fingerprint density at radius 3 is 2.33 bits per heavy atom. The van der Waals surface area contributed by atoms with Gasteiger partial charge in [0.25, 0.3) is 0 Å². The predicted octanol–water partition coefficient (Wildman–Crippen LogP) is 4.25. The highest BCUT2D eigenvalue weighted by Gasteiger charge is 2.31. The molecular formula is C17H23ClN2O. The molecule has 0 aliphatic heterocycles. The molecule has 4 heteroatoms. The Bertz CT molecular complexity index is 557. The molecule has 0 aliphatic rings. The molecule has 1 aromatic carbocycles. The molecule has 2 aromatic rings. The first kappa shape index (κ1) is 16.1. The largest absolute Gasteiger partial charge is 0.383 e. The third-order valence-corrected chi connectivity index (χ3v) is 3.93. The lowest BCUT2D eigenvalue weighted by atomic mass is 9.81. The average Bonchev–Trinajstić information content (AvgIpc) is 2.89. The van der Waals surface area contributed by atoms with Gasteiger partial charge in [0.15, 0.2) is 0 Å². The van der Waals surface area contributed by atoms with Gasteiger partial charge in [-0.3, -0.25) is 0 Å². The molecule has 0 spiro atoms. The maximum atomic E-state index is 11.2. The highest BCUT2D eigenvalue weighted by Crippen LogP contribution is 2.34. The minimum Gasteiger partial charge on any atom is -0.383 e. The van der Waals surface area contributed by atoms with E-state index in [1.165, 1.54) is 0 Å². The van der Waals surface area contributed by atoms with Crippen LogP contribution in [-0.2, 0) is 12.1 Å². The van der Waals surface area contributed by atoms with Gasteiger partial charge in [-0.15, -0.1) is 0 Å². The number of aromatic nitrogens is 2. The summed E-state index contributed by atoms with van der Waals surface area (Å²) in [6.45, 7) is 7.05. The number of aliphatic hydroxyl groups is 1. The zero-order valence-corrected chi connectivity index (χ0v) is 13.6. The Kier molecular flexibility index (Phi) is 4.74. The van der Waals surface area contributed by atoms with Crippen LogP contribution in [0.3, 0.4) is 0 Å². The summed E-state index contributed by atoms with van der Waals surface area (Å²) >= 11 is 5.96. The van der Waals surface area contributed by atoms with Crippen molar-refractivity contribution in [2.24, 2.45) is 5.41 Å². The molecule has 2 rings (SSSR count). The lowest BCUT2D eigenvalue weighted by Gasteiger charge is -2.32. The van der Waals surface area contributed by atoms with Crippen molar-refractivity contribution in [2.75, 3.05) is 0 Å². The molecule has 0 saturated heterocycles. The Hall–Kier alpha value is -1.32. The van der Waals surface area contributed by atoms with Crippen molar-refractivity contribution in [1.29, 1.82) is 0 Å². The van der Waals surface area contributed by atoms with Crippen molar-refractivity contribution in [3.8, 4) is 0 Å². The molecule has 1 N–H and O–H groups in total. The van der Waals surface area contributed by atoms with Crippen molar-refractivity contribution in [1.82, 2.24) is 9.55 Å². The van der Waals surface area contributed by atoms with Gasteiger partial charge in [-0.25, -0.2) is 4.98 Å². The first-order valence-corrected chi connectivity index (χ1v) is 7.60. The van der Waals surface area contributed by atoms with Crippen molar-refractivity contribution >= 4 is 11.6 Å². The summed E-state index contributed by atoms with van der Waals surface area (Å²) in [7, 11) is 0. The molecule has 0 bridgehead atoms. The smallest absolute Gasteiger partial charge is 0.107 e. The highest BCUT2D eigenvalue weighted by atomic mass is 35.5. The Morgan fingerprint density at radius 2 is 1.81 bits per heavy atom. The van der Waals surface area contributed by atoms with E-state index in [2.05, 4.69) is 25.8 Å². The normalized spacial score (nSPS) is 14.9. The zero-order valence-electron chi connectivity index (χ0n) is 12.9. The number of rotatable bonds is 5. The van der Waals surface area contributed by atoms with Crippen molar-refractivity contribution in [2.45, 2.75) is 45.8 Å². The fraction of sp³-hybridized carbons (Fsp3) is 0.471. The SMILES string of the molecule is CC(C)(C)CCC(O)(Cn1ccnc1)c1ccc(Cl)cc1. The van der Waals surface area contributed by atoms with Crippen LogP contribution < -0.4 is 0 Å². The molecule has 0 fully saturated rings. The second kappa shape index (κ2) is 6.20. The molecule has 1 aromatic heterocycles. The van der Waals surface area contributed by atoms with Gasteiger partial charge in [0.05, 0.1) is 12.9 Å². The van der Waals surface area contributed by atoms with E-state index in [9.17, 15) is 5.11 Å². The van der Waals surface area contributed by atoms with Crippen LogP contribution in [0, 0.1) is 5.41 Å². The second-order valence-corrected chi connectivity index (χ2v) is 7.27. The molecule has 0 aliphatic carbocycles. The number of nitrogens with zero attached hydrogens (tertiary/aromatic N) is 2. The predicted molar refractivity (Wildman–Crippen MR) is 86.3 cm³/mol. The van der Waals surface area contributed by atoms with Gasteiger partial charge in [-0.1, -0.05) is 44.5 Å². The van der Waals surface area contributed by atoms with Crippen LogP contribution in [0.5, 0.6) is 0 Å². The molecule has 3 nitrogen and oxygen atoms in total. The number of imidazole rings is 1. The van der Waals surface area contributed by atoms with Crippen LogP contribution >= 0.6 is 11.6 Å². The summed E-state index contributed by atoms with van der Waals surface area (Å²) in [4.78, 5) is 4.05. The summed E-state index contributed by atoms with van der Waals surface area (Å²) in [5.41, 5.74) is 0.151. The van der Waals surface area contributed by atoms with Crippen LogP contribution in [0.1, 0.15) is 39.2 Å². The third kappa shape index (κ3) is 4.58. The number of hydrogen-bond acceptors (Lipinski definition) is 2. The summed E-state index contributed by atoms with van der Waals surface area (Å²) in [5, 5.41) is 11.9. The maximum absolute atomic E-state index is 11.2. The van der Waals surface area contributed by atoms with E-state index >= 15 is 0 Å². The standard InChI is InChI=1S/C17H23ClN2O/c1-16(2,3)8-9-17(21,12-20-11-10-19-13-20)14-4-6-15(18)7-5-14/h4-7,10-11,13,21H,8-9,12H2,1-3H3. The number of halogens is 1. The van der Waals surface area contributed by atoms with E-state index in [1.807, 2.05) is 35.0 Å². The molecular weight excluding hydrogens is 284 g/mol. The number of benzene rings is 1. The minimum absolute atomic E-state index is 0.176. The van der Waals surface area contributed by atoms with E-state index in [4.69, 9.17) is 11.6 Å². The van der Waals surface area contributed by atoms with Crippen LogP contribution in [0.4, 0.5) is 0 Å². The lowest BCUT2D eigenvalue weighted by molar-refractivity contribution is -0.000223. The number of hydrogen-bond donors (Lipinski definition) is 1. The summed E-state index contributed by atoms with van der Waals surface area (Å²) in [6.07, 6.45) is 6.96. The fourth-order valence-electron chi connectivity index (χ4n) is 2.34. The molecule has 1 unspecified atom stereocenters. The first-order chi connectivity index (χ1) is 9.78. The van der Waals surface area contributed by atoms with Gasteiger partial charge >= 0.3 is 0 Å². The van der Waals surface area contributed by atoms with E-state index < -0.39 is 5.60 Å². The Balaban J connectivity index is 2.26. The van der Waals surface area contributed by atoms with Gasteiger partial charge in [0.1, 0.15) is 5.60 Å². The van der Waals surface area contributed by atoms with Gasteiger partial charge in [-0.2, -0.15) is 0 Å². The molecule has 1 heterocycles. The Morgan fingerprint density at radius 1 is 1.14 bits per heavy atom. The topological polar surface area (TPSA) is 38.0 Å². The molecule has 114 valence electrons. The quantitative estimate of drug-likeness (QED) is 0.896. The van der Waals surface area contributed by atoms with Crippen LogP contribution in [0.2, 0.25) is 5.02 Å². The van der Waals surface area contributed by atoms with Crippen LogP contribution in [-0.4, -0.2) is 14.7 Å². The monoisotopic (exact) mass is 306 g/mol. The van der Waals surface area contributed by atoms with Gasteiger partial charge < -0.3 is 9.67 Å². The molecule has 1 atom stereocenters. The van der Waals surface area contributed by atoms with Gasteiger partial charge in [0, 0.05) is 17.4 Å². The van der Waals surface area contributed by atoms with E-state index in [1.54, 1.807) is 12.5 Å². The van der Waals surface area contributed by atoms with Crippen LogP contribution in [0.25, 0.3) is 0 Å². The molecule has 0 amide bonds. The molecule has 0 saturated carbocycles. The van der Waals surface area contributed by atoms with E-state index in [0.29, 0.717) is 18.0 Å². The highest BCUT2D eigenvalue weighted by molar-refractivity contribution is 6.30. The lowest BCUT2D eigenvalue weighted by Crippen LogP contribution is -2.32. The molecule has 0 radical (unpaired) electrons. The summed E-state index contributed by atoms with van der Waals surface area (Å²) in [6, 6.07) is 7.46. The van der Waals surface area contributed by atoms with E-state index in [-0.39, 0.29) is 5.41 Å². The zero-order chi connectivity index (χ0) is 15.5. The second-order valence-electron chi connectivity index (χ2n) is 6.83. The van der Waals surface area contributed by atoms with Gasteiger partial charge in [0.2, 0.25) is 0 Å². The van der Waals surface area contributed by atoms with Crippen molar-refractivity contribution in [3.05, 3.63) is 53.6 Å². The van der Waals surface area contributed by atoms with Gasteiger partial charge in [-0.05, 0) is 36.0 Å². The third-order valence-electron chi connectivity index (χ3n) is 3.67. The summed E-state index contributed by atoms with van der Waals surface area (Å²) < 4.78 is 1.91. The van der Waals surface area contributed by atoms with Crippen LogP contribution in [0.15, 0.2) is 43.0 Å². The molecule has 21 heavy (non-hydrogen) atoms. The van der Waals surface area contributed by atoms with Crippen molar-refractivity contribution < 1.29 is 5.11 Å². The summed E-state index contributed by atoms with van der Waals surface area (Å²) in [5.74, 6) is 0. The van der Waals surface area contributed by atoms with E-state index in [0.717, 1.165) is 12.0 Å². The maximum Gasteiger partial charge on any atom is 0.107 e. The first-order valence-electron chi connectivity index (χ1n) is 7.23. The fourth-order valence-corrected chi connectivity index (χ4v) is 2.46. The average molecular weight is 307 g/mol. The minimum atomic E-state index is -0.918. The Labute approximate surface area is 131 Å². The van der Waals surface area contributed by atoms with Crippen molar-refractivity contribution in [3.63, 3.8) is 0 Å².